The van der Waals surface area contributed by atoms with Gasteiger partial charge in [-0.05, 0) is 50.7 Å². The Morgan fingerprint density at radius 1 is 1.05 bits per heavy atom. The summed E-state index contributed by atoms with van der Waals surface area (Å²) in [6.07, 6.45) is 6.83. The number of aromatic hydroxyl groups is 2. The predicted octanol–water partition coefficient (Wildman–Crippen LogP) is 3.00. The lowest BCUT2D eigenvalue weighted by Crippen LogP contribution is -2.27. The van der Waals surface area contributed by atoms with Gasteiger partial charge in [0.2, 0.25) is 0 Å². The molecule has 1 atom stereocenters. The predicted molar refractivity (Wildman–Crippen MR) is 76.7 cm³/mol. The molecule has 1 aromatic carbocycles. The third-order valence-electron chi connectivity index (χ3n) is 4.27. The Morgan fingerprint density at radius 2 is 1.80 bits per heavy atom. The number of rotatable bonds is 1. The highest BCUT2D eigenvalue weighted by Gasteiger charge is 2.30. The summed E-state index contributed by atoms with van der Waals surface area (Å²) in [6.45, 7) is 0. The van der Waals surface area contributed by atoms with Crippen LogP contribution < -0.4 is 0 Å². The fourth-order valence-electron chi connectivity index (χ4n) is 3.13. The van der Waals surface area contributed by atoms with Crippen LogP contribution in [0.3, 0.4) is 0 Å². The van der Waals surface area contributed by atoms with Gasteiger partial charge in [-0.25, -0.2) is 0 Å². The van der Waals surface area contributed by atoms with Gasteiger partial charge in [-0.3, -0.25) is 9.79 Å². The zero-order valence-corrected chi connectivity index (χ0v) is 11.4. The van der Waals surface area contributed by atoms with Crippen molar-refractivity contribution in [2.24, 2.45) is 4.99 Å². The molecule has 2 aliphatic carbocycles. The molecule has 0 aromatic heterocycles. The van der Waals surface area contributed by atoms with Crippen LogP contribution in [0.5, 0.6) is 11.5 Å². The summed E-state index contributed by atoms with van der Waals surface area (Å²) in [5.41, 5.74) is 2.24. The van der Waals surface area contributed by atoms with E-state index in [2.05, 4.69) is 4.99 Å². The Balaban J connectivity index is 1.87. The number of carbonyl (C=O) groups excluding carboxylic acids is 1. The Bertz CT molecular complexity index is 569. The number of carbonyl (C=O) groups is 1. The van der Waals surface area contributed by atoms with Crippen LogP contribution in [0.2, 0.25) is 0 Å². The Labute approximate surface area is 118 Å². The van der Waals surface area contributed by atoms with E-state index in [4.69, 9.17) is 0 Å². The van der Waals surface area contributed by atoms with E-state index in [1.54, 1.807) is 6.07 Å². The standard InChI is InChI=1S/C16H19NO3/c18-14-9-7-11-12(16(14)20)6-8-13(15(11)19)17-10-4-2-1-3-5-10/h7,9,13,18,20H,1-6,8H2. The molecule has 0 amide bonds. The average molecular weight is 273 g/mol. The number of phenolic OH excluding ortho intramolecular Hbond substituents is 2. The molecule has 1 unspecified atom stereocenters. The molecule has 20 heavy (non-hydrogen) atoms. The highest BCUT2D eigenvalue weighted by molar-refractivity contribution is 6.04. The second kappa shape index (κ2) is 5.27. The van der Waals surface area contributed by atoms with E-state index in [0.717, 1.165) is 12.8 Å². The maximum Gasteiger partial charge on any atom is 0.187 e. The Kier molecular flexibility index (Phi) is 3.47. The number of nitrogens with zero attached hydrogens (tertiary/aromatic N) is 1. The number of phenols is 2. The van der Waals surface area contributed by atoms with Crippen LogP contribution in [0.1, 0.15) is 54.4 Å². The highest BCUT2D eigenvalue weighted by atomic mass is 16.3. The molecule has 2 N–H and O–H groups in total. The summed E-state index contributed by atoms with van der Waals surface area (Å²) in [4.78, 5) is 17.1. The van der Waals surface area contributed by atoms with Crippen molar-refractivity contribution in [3.8, 4) is 11.5 Å². The lowest BCUT2D eigenvalue weighted by atomic mass is 9.86. The summed E-state index contributed by atoms with van der Waals surface area (Å²) in [6, 6.07) is 2.67. The lowest BCUT2D eigenvalue weighted by Gasteiger charge is -2.23. The third-order valence-corrected chi connectivity index (χ3v) is 4.27. The summed E-state index contributed by atoms with van der Waals surface area (Å²) >= 11 is 0. The molecule has 0 spiro atoms. The van der Waals surface area contributed by atoms with Gasteiger partial charge in [0, 0.05) is 16.8 Å². The van der Waals surface area contributed by atoms with E-state index < -0.39 is 0 Å². The molecule has 0 aliphatic heterocycles. The molecular weight excluding hydrogens is 254 g/mol. The smallest absolute Gasteiger partial charge is 0.187 e. The normalized spacial score (nSPS) is 22.5. The molecule has 1 aromatic rings. The van der Waals surface area contributed by atoms with Gasteiger partial charge in [0.25, 0.3) is 0 Å². The van der Waals surface area contributed by atoms with Crippen LogP contribution in [0.25, 0.3) is 0 Å². The fourth-order valence-corrected chi connectivity index (χ4v) is 3.13. The molecule has 2 aliphatic rings. The molecule has 0 heterocycles. The molecule has 1 saturated carbocycles. The van der Waals surface area contributed by atoms with Gasteiger partial charge in [-0.1, -0.05) is 6.42 Å². The lowest BCUT2D eigenvalue weighted by molar-refractivity contribution is 0.0948. The van der Waals surface area contributed by atoms with Crippen molar-refractivity contribution in [2.75, 3.05) is 0 Å². The monoisotopic (exact) mass is 273 g/mol. The molecule has 0 radical (unpaired) electrons. The minimum atomic E-state index is -0.306. The SMILES string of the molecule is O=C1c2ccc(O)c(O)c2CCC1N=C1CCCCC1. The van der Waals surface area contributed by atoms with Crippen molar-refractivity contribution in [2.45, 2.75) is 51.0 Å². The largest absolute Gasteiger partial charge is 0.504 e. The van der Waals surface area contributed by atoms with Gasteiger partial charge >= 0.3 is 0 Å². The quantitative estimate of drug-likeness (QED) is 0.773. The zero-order chi connectivity index (χ0) is 14.1. The number of hydrogen-bond acceptors (Lipinski definition) is 4. The van der Waals surface area contributed by atoms with E-state index in [0.29, 0.717) is 24.0 Å². The van der Waals surface area contributed by atoms with Crippen LogP contribution in [0.4, 0.5) is 0 Å². The van der Waals surface area contributed by atoms with Crippen LogP contribution >= 0.6 is 0 Å². The summed E-state index contributed by atoms with van der Waals surface area (Å²) < 4.78 is 0. The van der Waals surface area contributed by atoms with Gasteiger partial charge in [0.05, 0.1) is 0 Å². The van der Waals surface area contributed by atoms with Crippen molar-refractivity contribution in [1.29, 1.82) is 0 Å². The van der Waals surface area contributed by atoms with Crippen LogP contribution in [-0.4, -0.2) is 27.7 Å². The van der Waals surface area contributed by atoms with Crippen LogP contribution in [-0.2, 0) is 6.42 Å². The van der Waals surface area contributed by atoms with Gasteiger partial charge in [0.1, 0.15) is 6.04 Å². The maximum absolute atomic E-state index is 12.5. The third kappa shape index (κ3) is 2.30. The molecule has 0 saturated heterocycles. The Hall–Kier alpha value is -1.84. The Morgan fingerprint density at radius 3 is 2.55 bits per heavy atom. The van der Waals surface area contributed by atoms with E-state index in [1.807, 2.05) is 0 Å². The topological polar surface area (TPSA) is 69.9 Å². The number of ketones is 1. The van der Waals surface area contributed by atoms with Gasteiger partial charge in [0.15, 0.2) is 17.3 Å². The van der Waals surface area contributed by atoms with Crippen molar-refractivity contribution >= 4 is 11.5 Å². The summed E-state index contributed by atoms with van der Waals surface area (Å²) in [5, 5.41) is 19.3. The first-order valence-corrected chi connectivity index (χ1v) is 7.30. The van der Waals surface area contributed by atoms with Gasteiger partial charge in [-0.15, -0.1) is 0 Å². The first kappa shape index (κ1) is 13.2. The summed E-state index contributed by atoms with van der Waals surface area (Å²) in [7, 11) is 0. The highest BCUT2D eigenvalue weighted by Crippen LogP contribution is 2.36. The molecule has 0 bridgehead atoms. The van der Waals surface area contributed by atoms with Crippen molar-refractivity contribution < 1.29 is 15.0 Å². The minimum absolute atomic E-state index is 0.0281. The first-order chi connectivity index (χ1) is 9.66. The van der Waals surface area contributed by atoms with Gasteiger partial charge in [-0.2, -0.15) is 0 Å². The van der Waals surface area contributed by atoms with Gasteiger partial charge < -0.3 is 10.2 Å². The van der Waals surface area contributed by atoms with E-state index in [-0.39, 0.29) is 23.3 Å². The maximum atomic E-state index is 12.5. The molecule has 4 nitrogen and oxygen atoms in total. The van der Waals surface area contributed by atoms with Crippen LogP contribution in [0, 0.1) is 0 Å². The minimum Gasteiger partial charge on any atom is -0.504 e. The van der Waals surface area contributed by atoms with Crippen LogP contribution in [0.15, 0.2) is 17.1 Å². The van der Waals surface area contributed by atoms with Crippen molar-refractivity contribution in [3.05, 3.63) is 23.3 Å². The second-order valence-electron chi connectivity index (χ2n) is 5.63. The number of Topliss-reactive ketones (excluding diaryl/α,β-unsaturated/α-hetero) is 1. The molecular formula is C16H19NO3. The van der Waals surface area contributed by atoms with E-state index in [1.165, 1.54) is 31.0 Å². The molecule has 1 fully saturated rings. The number of aliphatic imine (C=N–C) groups is 1. The number of hydrogen-bond donors (Lipinski definition) is 2. The molecule has 3 rings (SSSR count). The average Bonchev–Trinajstić information content (AvgIpc) is 2.47. The fraction of sp³-hybridized carbons (Fsp3) is 0.500. The van der Waals surface area contributed by atoms with Crippen molar-refractivity contribution in [1.82, 2.24) is 0 Å². The van der Waals surface area contributed by atoms with E-state index in [9.17, 15) is 15.0 Å². The number of benzene rings is 1. The number of fused-ring (bicyclic) bond motifs is 1. The molecule has 4 heteroatoms. The molecule has 106 valence electrons. The first-order valence-electron chi connectivity index (χ1n) is 7.30. The zero-order valence-electron chi connectivity index (χ0n) is 11.4. The van der Waals surface area contributed by atoms with Crippen molar-refractivity contribution in [3.63, 3.8) is 0 Å². The second-order valence-corrected chi connectivity index (χ2v) is 5.63. The van der Waals surface area contributed by atoms with E-state index >= 15 is 0 Å². The summed E-state index contributed by atoms with van der Waals surface area (Å²) in [5.74, 6) is -0.340.